The largest absolute Gasteiger partial charge is 0.494 e. The predicted molar refractivity (Wildman–Crippen MR) is 111 cm³/mol. The number of ether oxygens (including phenoxy) is 1. The molecule has 1 aliphatic heterocycles. The highest BCUT2D eigenvalue weighted by Crippen LogP contribution is 2.38. The van der Waals surface area contributed by atoms with Crippen LogP contribution < -0.4 is 4.74 Å². The average Bonchev–Trinajstić information content (AvgIpc) is 2.66. The van der Waals surface area contributed by atoms with E-state index in [-0.39, 0.29) is 12.0 Å². The van der Waals surface area contributed by atoms with Crippen LogP contribution in [0.5, 0.6) is 5.75 Å². The molecule has 0 amide bonds. The topological polar surface area (TPSA) is 49.8 Å². The van der Waals surface area contributed by atoms with Gasteiger partial charge in [0.1, 0.15) is 5.75 Å². The lowest BCUT2D eigenvalue weighted by molar-refractivity contribution is -0.143. The van der Waals surface area contributed by atoms with E-state index < -0.39 is 5.97 Å². The molecule has 4 nitrogen and oxygen atoms in total. The van der Waals surface area contributed by atoms with E-state index in [0.29, 0.717) is 24.5 Å². The minimum absolute atomic E-state index is 0.0342. The maximum absolute atomic E-state index is 11.3. The summed E-state index contributed by atoms with van der Waals surface area (Å²) in [6.45, 7) is 3.97. The highest BCUT2D eigenvalue weighted by molar-refractivity contribution is 9.10. The Hall–Kier alpha value is -1.56. The van der Waals surface area contributed by atoms with Crippen molar-refractivity contribution in [3.8, 4) is 5.75 Å². The molecule has 27 heavy (non-hydrogen) atoms. The zero-order valence-electron chi connectivity index (χ0n) is 15.2. The van der Waals surface area contributed by atoms with E-state index in [4.69, 9.17) is 16.3 Å². The monoisotopic (exact) mass is 451 g/mol. The fourth-order valence-corrected chi connectivity index (χ4v) is 4.10. The van der Waals surface area contributed by atoms with Crippen molar-refractivity contribution >= 4 is 33.5 Å². The minimum atomic E-state index is -0.701. The van der Waals surface area contributed by atoms with E-state index in [1.807, 2.05) is 37.3 Å². The van der Waals surface area contributed by atoms with Crippen molar-refractivity contribution in [1.82, 2.24) is 4.90 Å². The number of benzene rings is 2. The van der Waals surface area contributed by atoms with Gasteiger partial charge in [-0.3, -0.25) is 9.69 Å². The number of carbonyl (C=O) groups is 1. The van der Waals surface area contributed by atoms with Crippen LogP contribution in [0.3, 0.4) is 0 Å². The third-order valence-corrected chi connectivity index (χ3v) is 5.76. The molecular formula is C21H23BrClNO3. The molecular weight excluding hydrogens is 430 g/mol. The number of likely N-dealkylation sites (tertiary alicyclic amines) is 1. The number of carboxylic acid groups (broad SMARTS) is 1. The van der Waals surface area contributed by atoms with Gasteiger partial charge in [0.05, 0.1) is 18.6 Å². The summed E-state index contributed by atoms with van der Waals surface area (Å²) in [6, 6.07) is 13.9. The van der Waals surface area contributed by atoms with E-state index in [1.54, 1.807) is 0 Å². The zero-order valence-corrected chi connectivity index (χ0v) is 17.5. The van der Waals surface area contributed by atoms with Crippen molar-refractivity contribution in [2.24, 2.45) is 5.92 Å². The molecule has 0 spiro atoms. The number of halogens is 2. The first-order chi connectivity index (χ1) is 13.0. The fraction of sp³-hybridized carbons (Fsp3) is 0.381. The first kappa shape index (κ1) is 20.2. The quantitative estimate of drug-likeness (QED) is 0.638. The highest BCUT2D eigenvalue weighted by atomic mass is 79.9. The molecule has 0 aliphatic carbocycles. The van der Waals surface area contributed by atoms with Crippen molar-refractivity contribution < 1.29 is 14.6 Å². The van der Waals surface area contributed by atoms with Gasteiger partial charge in [0.25, 0.3) is 0 Å². The van der Waals surface area contributed by atoms with Crippen LogP contribution in [0.15, 0.2) is 46.9 Å². The van der Waals surface area contributed by atoms with E-state index in [2.05, 4.69) is 33.0 Å². The number of nitrogens with zero attached hydrogens (tertiary/aromatic N) is 1. The van der Waals surface area contributed by atoms with Crippen LogP contribution in [0, 0.1) is 5.92 Å². The van der Waals surface area contributed by atoms with Crippen LogP contribution >= 0.6 is 27.5 Å². The Morgan fingerprint density at radius 3 is 2.52 bits per heavy atom. The minimum Gasteiger partial charge on any atom is -0.494 e. The number of hydrogen-bond donors (Lipinski definition) is 1. The van der Waals surface area contributed by atoms with Gasteiger partial charge in [-0.25, -0.2) is 0 Å². The van der Waals surface area contributed by atoms with Gasteiger partial charge in [-0.2, -0.15) is 0 Å². The van der Waals surface area contributed by atoms with Crippen LogP contribution in [0.1, 0.15) is 36.9 Å². The molecule has 1 unspecified atom stereocenters. The zero-order chi connectivity index (χ0) is 19.4. The molecule has 0 aromatic heterocycles. The molecule has 6 heteroatoms. The summed E-state index contributed by atoms with van der Waals surface area (Å²) in [5.41, 5.74) is 2.15. The van der Waals surface area contributed by atoms with Gasteiger partial charge in [-0.1, -0.05) is 39.7 Å². The van der Waals surface area contributed by atoms with E-state index in [0.717, 1.165) is 34.4 Å². The van der Waals surface area contributed by atoms with Crippen molar-refractivity contribution in [3.05, 3.63) is 63.1 Å². The Labute approximate surface area is 173 Å². The van der Waals surface area contributed by atoms with Crippen molar-refractivity contribution in [3.63, 3.8) is 0 Å². The molecule has 1 N–H and O–H groups in total. The van der Waals surface area contributed by atoms with Crippen molar-refractivity contribution in [2.45, 2.75) is 25.8 Å². The summed E-state index contributed by atoms with van der Waals surface area (Å²) in [6.07, 6.45) is 1.29. The van der Waals surface area contributed by atoms with E-state index in [1.165, 1.54) is 0 Å². The molecule has 1 atom stereocenters. The second kappa shape index (κ2) is 9.09. The maximum Gasteiger partial charge on any atom is 0.306 e. The Morgan fingerprint density at radius 1 is 1.26 bits per heavy atom. The Morgan fingerprint density at radius 2 is 1.93 bits per heavy atom. The number of hydrogen-bond acceptors (Lipinski definition) is 3. The molecule has 2 aromatic rings. The smallest absolute Gasteiger partial charge is 0.306 e. The van der Waals surface area contributed by atoms with Gasteiger partial charge in [-0.05, 0) is 68.8 Å². The highest BCUT2D eigenvalue weighted by Gasteiger charge is 2.31. The summed E-state index contributed by atoms with van der Waals surface area (Å²) in [4.78, 5) is 13.7. The predicted octanol–water partition coefficient (Wildman–Crippen LogP) is 5.39. The maximum atomic E-state index is 11.3. The summed E-state index contributed by atoms with van der Waals surface area (Å²) in [5.74, 6) is -0.152. The lowest BCUT2D eigenvalue weighted by Gasteiger charge is -2.37. The molecule has 144 valence electrons. The van der Waals surface area contributed by atoms with Gasteiger partial charge in [-0.15, -0.1) is 0 Å². The van der Waals surface area contributed by atoms with Gasteiger partial charge >= 0.3 is 5.97 Å². The van der Waals surface area contributed by atoms with Gasteiger partial charge in [0.15, 0.2) is 0 Å². The molecule has 2 aromatic carbocycles. The third kappa shape index (κ3) is 4.84. The van der Waals surface area contributed by atoms with Crippen LogP contribution in [0.4, 0.5) is 0 Å². The summed E-state index contributed by atoms with van der Waals surface area (Å²) in [5, 5.41) is 9.98. The molecule has 1 aliphatic rings. The average molecular weight is 453 g/mol. The van der Waals surface area contributed by atoms with E-state index in [9.17, 15) is 9.90 Å². The van der Waals surface area contributed by atoms with Gasteiger partial charge in [0, 0.05) is 15.1 Å². The van der Waals surface area contributed by atoms with Crippen LogP contribution in [-0.4, -0.2) is 35.7 Å². The lowest BCUT2D eigenvalue weighted by atomic mass is 9.91. The first-order valence-electron chi connectivity index (χ1n) is 9.14. The number of aliphatic carboxylic acids is 1. The second-order valence-electron chi connectivity index (χ2n) is 6.72. The van der Waals surface area contributed by atoms with E-state index >= 15 is 0 Å². The van der Waals surface area contributed by atoms with Crippen LogP contribution in [0.2, 0.25) is 5.02 Å². The van der Waals surface area contributed by atoms with Crippen LogP contribution in [-0.2, 0) is 4.79 Å². The molecule has 1 fully saturated rings. The van der Waals surface area contributed by atoms with Crippen LogP contribution in [0.25, 0.3) is 0 Å². The Kier molecular flexibility index (Phi) is 6.79. The molecule has 3 rings (SSSR count). The normalized spacial score (nSPS) is 16.9. The SMILES string of the molecule is CCOc1ccc(Cl)cc1C(c1ccc(Br)cc1)N1CCC(C(=O)O)CC1. The summed E-state index contributed by atoms with van der Waals surface area (Å²) < 4.78 is 6.90. The number of rotatable bonds is 6. The van der Waals surface area contributed by atoms with Gasteiger partial charge in [0.2, 0.25) is 0 Å². The molecule has 0 saturated carbocycles. The molecule has 1 heterocycles. The third-order valence-electron chi connectivity index (χ3n) is 5.00. The van der Waals surface area contributed by atoms with Crippen molar-refractivity contribution in [1.29, 1.82) is 0 Å². The fourth-order valence-electron chi connectivity index (χ4n) is 3.66. The second-order valence-corrected chi connectivity index (χ2v) is 8.07. The summed E-state index contributed by atoms with van der Waals surface area (Å²) >= 11 is 9.82. The lowest BCUT2D eigenvalue weighted by Crippen LogP contribution is -2.39. The molecule has 1 saturated heterocycles. The summed E-state index contributed by atoms with van der Waals surface area (Å²) in [7, 11) is 0. The Balaban J connectivity index is 2.00. The van der Waals surface area contributed by atoms with Gasteiger partial charge < -0.3 is 9.84 Å². The first-order valence-corrected chi connectivity index (χ1v) is 10.3. The molecule has 0 radical (unpaired) electrons. The standard InChI is InChI=1S/C21H23BrClNO3/c1-2-27-19-8-7-17(23)13-18(19)20(14-3-5-16(22)6-4-14)24-11-9-15(10-12-24)21(25)26/h3-8,13,15,20H,2,9-12H2,1H3,(H,25,26). The van der Waals surface area contributed by atoms with Crippen molar-refractivity contribution in [2.75, 3.05) is 19.7 Å². The Bertz CT molecular complexity index is 789. The number of carboxylic acids is 1. The number of piperidine rings is 1. The molecule has 0 bridgehead atoms.